The number of morpholine rings is 1. The molecule has 1 atom stereocenters. The summed E-state index contributed by atoms with van der Waals surface area (Å²) in [6.45, 7) is 2.40. The van der Waals surface area contributed by atoms with Gasteiger partial charge in [0.1, 0.15) is 0 Å². The van der Waals surface area contributed by atoms with Crippen LogP contribution in [0.4, 0.5) is 0 Å². The smallest absolute Gasteiger partial charge is 0.374 e. The van der Waals surface area contributed by atoms with Gasteiger partial charge in [0, 0.05) is 25.2 Å². The monoisotopic (exact) mass is 297 g/mol. The van der Waals surface area contributed by atoms with Gasteiger partial charge in [-0.1, -0.05) is 0 Å². The highest BCUT2D eigenvalue weighted by molar-refractivity contribution is 5.87. The Balaban J connectivity index is 1.95. The third-order valence-electron chi connectivity index (χ3n) is 3.36. The zero-order valence-electron chi connectivity index (χ0n) is 12.2. The van der Waals surface area contributed by atoms with E-state index in [9.17, 15) is 9.59 Å². The molecule has 116 valence electrons. The van der Waals surface area contributed by atoms with Crippen LogP contribution in [0.2, 0.25) is 0 Å². The van der Waals surface area contributed by atoms with Gasteiger partial charge in [0.05, 0.1) is 39.6 Å². The Bertz CT molecular complexity index is 497. The third-order valence-corrected chi connectivity index (χ3v) is 3.36. The average molecular weight is 297 g/mol. The normalized spacial score (nSPS) is 19.2. The van der Waals surface area contributed by atoms with Gasteiger partial charge < -0.3 is 18.6 Å². The molecule has 1 aliphatic heterocycles. The summed E-state index contributed by atoms with van der Waals surface area (Å²) in [7, 11) is 2.67. The summed E-state index contributed by atoms with van der Waals surface area (Å²) < 4.78 is 20.0. The predicted octanol–water partition coefficient (Wildman–Crippen LogP) is 0.830. The molecule has 1 aliphatic rings. The standard InChI is InChI=1S/C14H19NO6/c1-18-12(16)7-11-9-15(4-6-20-11)8-10-3-5-21-13(10)14(17)19-2/h3,5,11H,4,6-9H2,1-2H3. The molecule has 7 heteroatoms. The zero-order valence-corrected chi connectivity index (χ0v) is 12.2. The summed E-state index contributed by atoms with van der Waals surface area (Å²) in [4.78, 5) is 25.0. The van der Waals surface area contributed by atoms with Crippen LogP contribution in [0.1, 0.15) is 22.5 Å². The second-order valence-electron chi connectivity index (χ2n) is 4.77. The lowest BCUT2D eigenvalue weighted by Crippen LogP contribution is -2.43. The molecule has 0 saturated carbocycles. The van der Waals surface area contributed by atoms with Crippen LogP contribution in [-0.4, -0.2) is 56.9 Å². The van der Waals surface area contributed by atoms with Gasteiger partial charge in [0.15, 0.2) is 0 Å². The summed E-state index contributed by atoms with van der Waals surface area (Å²) in [5.74, 6) is -0.566. The largest absolute Gasteiger partial charge is 0.469 e. The lowest BCUT2D eigenvalue weighted by molar-refractivity contribution is -0.145. The molecule has 1 aromatic rings. The summed E-state index contributed by atoms with van der Waals surface area (Å²) in [5.41, 5.74) is 0.764. The number of esters is 2. The zero-order chi connectivity index (χ0) is 15.2. The Hall–Kier alpha value is -1.86. The average Bonchev–Trinajstić information content (AvgIpc) is 2.94. The van der Waals surface area contributed by atoms with Crippen LogP contribution in [0, 0.1) is 0 Å². The Morgan fingerprint density at radius 3 is 2.90 bits per heavy atom. The SMILES string of the molecule is COC(=O)CC1CN(Cc2ccoc2C(=O)OC)CCO1. The van der Waals surface area contributed by atoms with Gasteiger partial charge >= 0.3 is 11.9 Å². The van der Waals surface area contributed by atoms with Crippen molar-refractivity contribution < 1.29 is 28.2 Å². The van der Waals surface area contributed by atoms with Crippen LogP contribution in [0.25, 0.3) is 0 Å². The highest BCUT2D eigenvalue weighted by atomic mass is 16.5. The van der Waals surface area contributed by atoms with Crippen molar-refractivity contribution in [2.75, 3.05) is 33.9 Å². The molecule has 0 bridgehead atoms. The minimum absolute atomic E-state index is 0.195. The molecule has 0 aliphatic carbocycles. The van der Waals surface area contributed by atoms with Gasteiger partial charge in [-0.05, 0) is 6.07 Å². The van der Waals surface area contributed by atoms with Gasteiger partial charge in [-0.15, -0.1) is 0 Å². The number of furan rings is 1. The Morgan fingerprint density at radius 1 is 1.38 bits per heavy atom. The molecule has 21 heavy (non-hydrogen) atoms. The molecule has 0 amide bonds. The molecule has 1 fully saturated rings. The summed E-state index contributed by atoms with van der Waals surface area (Å²) in [6, 6.07) is 1.75. The van der Waals surface area contributed by atoms with Crippen molar-refractivity contribution >= 4 is 11.9 Å². The molecule has 2 heterocycles. The van der Waals surface area contributed by atoms with Crippen LogP contribution < -0.4 is 0 Å². The van der Waals surface area contributed by atoms with E-state index in [2.05, 4.69) is 14.4 Å². The maximum absolute atomic E-state index is 11.6. The van der Waals surface area contributed by atoms with E-state index in [1.807, 2.05) is 0 Å². The maximum atomic E-state index is 11.6. The molecule has 1 unspecified atom stereocenters. The number of hydrogen-bond acceptors (Lipinski definition) is 7. The van der Waals surface area contributed by atoms with Crippen LogP contribution in [0.3, 0.4) is 0 Å². The molecule has 0 aromatic carbocycles. The first-order chi connectivity index (χ1) is 10.1. The summed E-state index contributed by atoms with van der Waals surface area (Å²) in [5, 5.41) is 0. The fourth-order valence-corrected chi connectivity index (χ4v) is 2.29. The highest BCUT2D eigenvalue weighted by Gasteiger charge is 2.25. The van der Waals surface area contributed by atoms with Gasteiger partial charge in [-0.25, -0.2) is 4.79 Å². The van der Waals surface area contributed by atoms with Crippen LogP contribution in [-0.2, 0) is 25.5 Å². The van der Waals surface area contributed by atoms with Crippen LogP contribution in [0.5, 0.6) is 0 Å². The lowest BCUT2D eigenvalue weighted by Gasteiger charge is -2.32. The summed E-state index contributed by atoms with van der Waals surface area (Å²) in [6.07, 6.45) is 1.50. The second kappa shape index (κ2) is 7.24. The molecule has 1 aromatic heterocycles. The number of methoxy groups -OCH3 is 2. The van der Waals surface area contributed by atoms with E-state index < -0.39 is 5.97 Å². The van der Waals surface area contributed by atoms with Crippen molar-refractivity contribution in [3.8, 4) is 0 Å². The number of carbonyl (C=O) groups excluding carboxylic acids is 2. The first kappa shape index (κ1) is 15.5. The molecule has 1 saturated heterocycles. The lowest BCUT2D eigenvalue weighted by atomic mass is 10.1. The number of ether oxygens (including phenoxy) is 3. The van der Waals surface area contributed by atoms with E-state index in [0.29, 0.717) is 19.7 Å². The van der Waals surface area contributed by atoms with Crippen LogP contribution >= 0.6 is 0 Å². The molecule has 2 rings (SSSR count). The van der Waals surface area contributed by atoms with Gasteiger partial charge in [-0.3, -0.25) is 9.69 Å². The molecule has 7 nitrogen and oxygen atoms in total. The van der Waals surface area contributed by atoms with E-state index >= 15 is 0 Å². The van der Waals surface area contributed by atoms with Crippen molar-refractivity contribution in [2.24, 2.45) is 0 Å². The fraction of sp³-hybridized carbons (Fsp3) is 0.571. The molecule has 0 N–H and O–H groups in total. The van der Waals surface area contributed by atoms with E-state index in [1.54, 1.807) is 6.07 Å². The number of nitrogens with zero attached hydrogens (tertiary/aromatic N) is 1. The number of rotatable bonds is 5. The Kier molecular flexibility index (Phi) is 5.35. The third kappa shape index (κ3) is 4.05. The van der Waals surface area contributed by atoms with E-state index in [1.165, 1.54) is 20.5 Å². The highest BCUT2D eigenvalue weighted by Crippen LogP contribution is 2.17. The Labute approximate surface area is 122 Å². The van der Waals surface area contributed by atoms with Gasteiger partial charge in [-0.2, -0.15) is 0 Å². The van der Waals surface area contributed by atoms with Crippen LogP contribution in [0.15, 0.2) is 16.7 Å². The van der Waals surface area contributed by atoms with E-state index in [-0.39, 0.29) is 24.3 Å². The minimum atomic E-state index is -0.491. The fourth-order valence-electron chi connectivity index (χ4n) is 2.29. The van der Waals surface area contributed by atoms with E-state index in [4.69, 9.17) is 9.15 Å². The number of hydrogen-bond donors (Lipinski definition) is 0. The van der Waals surface area contributed by atoms with E-state index in [0.717, 1.165) is 12.1 Å². The van der Waals surface area contributed by atoms with Crippen molar-refractivity contribution in [1.82, 2.24) is 4.90 Å². The Morgan fingerprint density at radius 2 is 2.19 bits per heavy atom. The molecule has 0 spiro atoms. The molecule has 0 radical (unpaired) electrons. The molecular weight excluding hydrogens is 278 g/mol. The van der Waals surface area contributed by atoms with Crippen molar-refractivity contribution in [1.29, 1.82) is 0 Å². The van der Waals surface area contributed by atoms with Gasteiger partial charge in [0.25, 0.3) is 0 Å². The van der Waals surface area contributed by atoms with Crippen molar-refractivity contribution in [2.45, 2.75) is 19.1 Å². The predicted molar refractivity (Wildman–Crippen MR) is 71.7 cm³/mol. The second-order valence-corrected chi connectivity index (χ2v) is 4.77. The number of carbonyl (C=O) groups is 2. The van der Waals surface area contributed by atoms with Crippen molar-refractivity contribution in [3.63, 3.8) is 0 Å². The summed E-state index contributed by atoms with van der Waals surface area (Å²) >= 11 is 0. The quantitative estimate of drug-likeness (QED) is 0.745. The first-order valence-electron chi connectivity index (χ1n) is 6.69. The van der Waals surface area contributed by atoms with Gasteiger partial charge in [0.2, 0.25) is 5.76 Å². The van der Waals surface area contributed by atoms with Crippen molar-refractivity contribution in [3.05, 3.63) is 23.7 Å². The first-order valence-corrected chi connectivity index (χ1v) is 6.69. The minimum Gasteiger partial charge on any atom is -0.469 e. The maximum Gasteiger partial charge on any atom is 0.374 e. The molecular formula is C14H19NO6. The topological polar surface area (TPSA) is 78.2 Å².